The first kappa shape index (κ1) is 18.0. The van der Waals surface area contributed by atoms with Crippen LogP contribution < -0.4 is 5.32 Å². The van der Waals surface area contributed by atoms with Crippen LogP contribution >= 0.6 is 0 Å². The van der Waals surface area contributed by atoms with Crippen LogP contribution in [0.25, 0.3) is 11.3 Å². The standard InChI is InChI=1S/C22H22N4O3/c1-14-7-9-16(10-8-14)22(27)23-18-12-28-21-19(13-29-20(18)21)26-11-17(24-25-26)15-5-3-2-4-6-15/h2-11,18-21H,12-13H2,1H3,(H,23,27). The molecule has 29 heavy (non-hydrogen) atoms. The maximum Gasteiger partial charge on any atom is 0.251 e. The molecule has 3 heterocycles. The molecule has 0 aliphatic carbocycles. The van der Waals surface area contributed by atoms with Gasteiger partial charge in [0, 0.05) is 11.1 Å². The van der Waals surface area contributed by atoms with Crippen LogP contribution in [0.4, 0.5) is 0 Å². The van der Waals surface area contributed by atoms with Gasteiger partial charge in [-0.25, -0.2) is 4.68 Å². The fraction of sp³-hybridized carbons (Fsp3) is 0.318. The SMILES string of the molecule is Cc1ccc(C(=O)NC2COC3C2OCC3n2cc(-c3ccccc3)nn2)cc1. The number of fused-ring (bicyclic) bond motifs is 1. The second kappa shape index (κ2) is 7.42. The first-order chi connectivity index (χ1) is 14.2. The summed E-state index contributed by atoms with van der Waals surface area (Å²) in [6, 6.07) is 17.2. The molecule has 0 saturated carbocycles. The van der Waals surface area contributed by atoms with E-state index >= 15 is 0 Å². The smallest absolute Gasteiger partial charge is 0.251 e. The molecule has 0 spiro atoms. The zero-order valence-electron chi connectivity index (χ0n) is 16.1. The molecular formula is C22H22N4O3. The molecule has 1 aromatic heterocycles. The summed E-state index contributed by atoms with van der Waals surface area (Å²) in [6.07, 6.45) is 1.57. The molecule has 2 fully saturated rings. The van der Waals surface area contributed by atoms with Crippen molar-refractivity contribution in [3.05, 3.63) is 71.9 Å². The van der Waals surface area contributed by atoms with E-state index in [1.54, 1.807) is 0 Å². The average Bonchev–Trinajstić information content (AvgIpc) is 3.46. The fourth-order valence-corrected chi connectivity index (χ4v) is 3.97. The number of hydrogen-bond acceptors (Lipinski definition) is 5. The Hall–Kier alpha value is -3.03. The number of nitrogens with one attached hydrogen (secondary N) is 1. The summed E-state index contributed by atoms with van der Waals surface area (Å²) in [7, 11) is 0. The van der Waals surface area contributed by atoms with E-state index in [1.165, 1.54) is 0 Å². The summed E-state index contributed by atoms with van der Waals surface area (Å²) in [4.78, 5) is 12.6. The van der Waals surface area contributed by atoms with Gasteiger partial charge in [-0.1, -0.05) is 53.2 Å². The van der Waals surface area contributed by atoms with Gasteiger partial charge in [0.2, 0.25) is 0 Å². The normalized spacial score (nSPS) is 25.7. The highest BCUT2D eigenvalue weighted by Gasteiger charge is 2.49. The van der Waals surface area contributed by atoms with Crippen LogP contribution in [-0.4, -0.2) is 52.4 Å². The van der Waals surface area contributed by atoms with Crippen molar-refractivity contribution in [1.82, 2.24) is 20.3 Å². The highest BCUT2D eigenvalue weighted by Crippen LogP contribution is 2.34. The molecule has 4 atom stereocenters. The van der Waals surface area contributed by atoms with E-state index in [2.05, 4.69) is 15.6 Å². The summed E-state index contributed by atoms with van der Waals surface area (Å²) >= 11 is 0. The van der Waals surface area contributed by atoms with E-state index < -0.39 is 0 Å². The highest BCUT2D eigenvalue weighted by atomic mass is 16.6. The summed E-state index contributed by atoms with van der Waals surface area (Å²) in [6.45, 7) is 2.89. The molecular weight excluding hydrogens is 368 g/mol. The molecule has 2 aliphatic rings. The van der Waals surface area contributed by atoms with Gasteiger partial charge in [-0.05, 0) is 19.1 Å². The molecule has 0 bridgehead atoms. The second-order valence-corrected chi connectivity index (χ2v) is 7.56. The molecule has 7 nitrogen and oxygen atoms in total. The zero-order chi connectivity index (χ0) is 19.8. The molecule has 0 radical (unpaired) electrons. The number of amides is 1. The largest absolute Gasteiger partial charge is 0.371 e. The Morgan fingerprint density at radius 3 is 2.59 bits per heavy atom. The fourth-order valence-electron chi connectivity index (χ4n) is 3.97. The summed E-state index contributed by atoms with van der Waals surface area (Å²) < 4.78 is 13.8. The zero-order valence-corrected chi connectivity index (χ0v) is 16.1. The monoisotopic (exact) mass is 390 g/mol. The molecule has 1 N–H and O–H groups in total. The summed E-state index contributed by atoms with van der Waals surface area (Å²) in [5.74, 6) is -0.113. The lowest BCUT2D eigenvalue weighted by atomic mass is 10.1. The Morgan fingerprint density at radius 2 is 1.79 bits per heavy atom. The van der Waals surface area contributed by atoms with E-state index in [4.69, 9.17) is 9.47 Å². The number of aromatic nitrogens is 3. The first-order valence-corrected chi connectivity index (χ1v) is 9.77. The number of ether oxygens (including phenoxy) is 2. The maximum absolute atomic E-state index is 12.6. The maximum atomic E-state index is 12.6. The highest BCUT2D eigenvalue weighted by molar-refractivity contribution is 5.94. The minimum atomic E-state index is -0.196. The van der Waals surface area contributed by atoms with E-state index in [0.717, 1.165) is 16.8 Å². The Balaban J connectivity index is 1.27. The minimum absolute atomic E-state index is 0.0637. The van der Waals surface area contributed by atoms with Gasteiger partial charge in [0.1, 0.15) is 23.9 Å². The molecule has 4 unspecified atom stereocenters. The van der Waals surface area contributed by atoms with Crippen LogP contribution in [-0.2, 0) is 9.47 Å². The number of carbonyl (C=O) groups excluding carboxylic acids is 1. The third-order valence-corrected chi connectivity index (χ3v) is 5.58. The van der Waals surface area contributed by atoms with Gasteiger partial charge in [0.25, 0.3) is 5.91 Å². The third kappa shape index (κ3) is 3.43. The van der Waals surface area contributed by atoms with E-state index in [1.807, 2.05) is 72.4 Å². The Labute approximate surface area is 168 Å². The lowest BCUT2D eigenvalue weighted by Crippen LogP contribution is -2.44. The molecule has 2 aromatic carbocycles. The molecule has 2 saturated heterocycles. The second-order valence-electron chi connectivity index (χ2n) is 7.56. The van der Waals surface area contributed by atoms with Gasteiger partial charge in [0.15, 0.2) is 0 Å². The summed E-state index contributed by atoms with van der Waals surface area (Å²) in [5.41, 5.74) is 3.59. The topological polar surface area (TPSA) is 78.3 Å². The number of aryl methyl sites for hydroxylation is 1. The van der Waals surface area contributed by atoms with Gasteiger partial charge < -0.3 is 14.8 Å². The van der Waals surface area contributed by atoms with Crippen molar-refractivity contribution in [2.75, 3.05) is 13.2 Å². The van der Waals surface area contributed by atoms with E-state index in [-0.39, 0.29) is 30.2 Å². The molecule has 5 rings (SSSR count). The number of hydrogen-bond donors (Lipinski definition) is 1. The molecule has 3 aromatic rings. The summed E-state index contributed by atoms with van der Waals surface area (Å²) in [5, 5.41) is 11.6. The van der Waals surface area contributed by atoms with Crippen LogP contribution in [0.1, 0.15) is 22.0 Å². The average molecular weight is 390 g/mol. The number of carbonyl (C=O) groups is 1. The third-order valence-electron chi connectivity index (χ3n) is 5.58. The van der Waals surface area contributed by atoms with Gasteiger partial charge in [-0.15, -0.1) is 5.10 Å². The van der Waals surface area contributed by atoms with E-state index in [0.29, 0.717) is 18.8 Å². The number of benzene rings is 2. The van der Waals surface area contributed by atoms with Crippen molar-refractivity contribution in [3.8, 4) is 11.3 Å². The number of rotatable bonds is 4. The molecule has 1 amide bonds. The molecule has 2 aliphatic heterocycles. The van der Waals surface area contributed by atoms with Crippen molar-refractivity contribution in [3.63, 3.8) is 0 Å². The van der Waals surface area contributed by atoms with Crippen LogP contribution in [0.15, 0.2) is 60.8 Å². The van der Waals surface area contributed by atoms with Gasteiger partial charge in [-0.3, -0.25) is 4.79 Å². The number of nitrogens with zero attached hydrogens (tertiary/aromatic N) is 3. The Morgan fingerprint density at radius 1 is 1.03 bits per heavy atom. The van der Waals surface area contributed by atoms with Crippen LogP contribution in [0.3, 0.4) is 0 Å². The van der Waals surface area contributed by atoms with Crippen LogP contribution in [0.5, 0.6) is 0 Å². The van der Waals surface area contributed by atoms with Gasteiger partial charge in [0.05, 0.1) is 25.5 Å². The predicted octanol–water partition coefficient (Wildman–Crippen LogP) is 2.39. The van der Waals surface area contributed by atoms with E-state index in [9.17, 15) is 4.79 Å². The van der Waals surface area contributed by atoms with Crippen LogP contribution in [0, 0.1) is 6.92 Å². The predicted molar refractivity (Wildman–Crippen MR) is 106 cm³/mol. The Bertz CT molecular complexity index is 1000. The first-order valence-electron chi connectivity index (χ1n) is 9.77. The minimum Gasteiger partial charge on any atom is -0.371 e. The van der Waals surface area contributed by atoms with Crippen molar-refractivity contribution in [2.45, 2.75) is 31.2 Å². The van der Waals surface area contributed by atoms with Gasteiger partial charge >= 0.3 is 0 Å². The van der Waals surface area contributed by atoms with Crippen molar-refractivity contribution < 1.29 is 14.3 Å². The van der Waals surface area contributed by atoms with Crippen molar-refractivity contribution >= 4 is 5.91 Å². The quantitative estimate of drug-likeness (QED) is 0.740. The van der Waals surface area contributed by atoms with Crippen molar-refractivity contribution in [2.24, 2.45) is 0 Å². The van der Waals surface area contributed by atoms with Crippen LogP contribution in [0.2, 0.25) is 0 Å². The van der Waals surface area contributed by atoms with Crippen molar-refractivity contribution in [1.29, 1.82) is 0 Å². The Kier molecular flexibility index (Phi) is 4.61. The molecule has 148 valence electrons. The molecule has 7 heteroatoms. The lowest BCUT2D eigenvalue weighted by molar-refractivity contribution is 0.0613. The lowest BCUT2D eigenvalue weighted by Gasteiger charge is -2.18. The van der Waals surface area contributed by atoms with Gasteiger partial charge in [-0.2, -0.15) is 0 Å².